The van der Waals surface area contributed by atoms with Crippen LogP contribution in [0.1, 0.15) is 36.0 Å². The summed E-state index contributed by atoms with van der Waals surface area (Å²) in [6.45, 7) is 2.07. The lowest BCUT2D eigenvalue weighted by molar-refractivity contribution is 0.0857. The first kappa shape index (κ1) is 13.4. The molecule has 1 unspecified atom stereocenters. The molecule has 0 bridgehead atoms. The fraction of sp³-hybridized carbons (Fsp3) is 0.600. The van der Waals surface area contributed by atoms with Crippen molar-refractivity contribution in [3.05, 3.63) is 23.9 Å². The molecule has 1 aliphatic heterocycles. The second kappa shape index (κ2) is 6.22. The molecule has 1 saturated heterocycles. The van der Waals surface area contributed by atoms with Crippen molar-refractivity contribution < 1.29 is 14.3 Å². The minimum atomic E-state index is -0.0980. The van der Waals surface area contributed by atoms with E-state index in [2.05, 4.69) is 10.3 Å². The molecule has 0 spiro atoms. The van der Waals surface area contributed by atoms with E-state index >= 15 is 0 Å². The summed E-state index contributed by atoms with van der Waals surface area (Å²) < 4.78 is 11.1. The number of amides is 1. The third-order valence-electron chi connectivity index (χ3n) is 3.68. The first-order valence-electron chi connectivity index (χ1n) is 7.30. The normalized spacial score (nSPS) is 21.7. The number of pyridine rings is 1. The summed E-state index contributed by atoms with van der Waals surface area (Å²) in [6.07, 6.45) is 6.35. The number of carbonyl (C=O) groups excluding carboxylic acids is 1. The van der Waals surface area contributed by atoms with Gasteiger partial charge in [-0.25, -0.2) is 4.98 Å². The Bertz CT molecular complexity index is 468. The first-order chi connectivity index (χ1) is 9.81. The standard InChI is InChI=1S/C15H20N2O3/c18-15(17-9-13-2-1-7-19-13)12-5-6-16-14(8-12)20-10-11-3-4-11/h5-6,8,11,13H,1-4,7,9-10H2,(H,17,18). The van der Waals surface area contributed by atoms with E-state index in [1.54, 1.807) is 18.3 Å². The summed E-state index contributed by atoms with van der Waals surface area (Å²) in [6, 6.07) is 3.40. The van der Waals surface area contributed by atoms with Crippen LogP contribution in [0.5, 0.6) is 5.88 Å². The molecule has 1 aromatic heterocycles. The molecule has 1 atom stereocenters. The summed E-state index contributed by atoms with van der Waals surface area (Å²) >= 11 is 0. The Morgan fingerprint density at radius 1 is 1.45 bits per heavy atom. The van der Waals surface area contributed by atoms with Gasteiger partial charge >= 0.3 is 0 Å². The number of aromatic nitrogens is 1. The maximum atomic E-state index is 12.1. The van der Waals surface area contributed by atoms with Crippen LogP contribution >= 0.6 is 0 Å². The van der Waals surface area contributed by atoms with Crippen molar-refractivity contribution in [2.45, 2.75) is 31.8 Å². The molecular weight excluding hydrogens is 256 g/mol. The maximum absolute atomic E-state index is 12.1. The van der Waals surface area contributed by atoms with Gasteiger partial charge in [0.2, 0.25) is 5.88 Å². The van der Waals surface area contributed by atoms with Crippen LogP contribution in [0.4, 0.5) is 0 Å². The molecule has 0 aromatic carbocycles. The van der Waals surface area contributed by atoms with Gasteiger partial charge in [0, 0.05) is 31.0 Å². The molecule has 20 heavy (non-hydrogen) atoms. The lowest BCUT2D eigenvalue weighted by atomic mass is 10.2. The molecule has 1 saturated carbocycles. The maximum Gasteiger partial charge on any atom is 0.251 e. The molecule has 2 heterocycles. The van der Waals surface area contributed by atoms with Gasteiger partial charge in [-0.3, -0.25) is 4.79 Å². The van der Waals surface area contributed by atoms with Crippen molar-refractivity contribution in [3.8, 4) is 5.88 Å². The average Bonchev–Trinajstić information content (AvgIpc) is 3.17. The summed E-state index contributed by atoms with van der Waals surface area (Å²) in [5.41, 5.74) is 0.587. The number of nitrogens with one attached hydrogen (secondary N) is 1. The predicted molar refractivity (Wildman–Crippen MR) is 73.8 cm³/mol. The zero-order valence-corrected chi connectivity index (χ0v) is 11.5. The molecule has 1 N–H and O–H groups in total. The van der Waals surface area contributed by atoms with E-state index < -0.39 is 0 Å². The fourth-order valence-electron chi connectivity index (χ4n) is 2.23. The summed E-state index contributed by atoms with van der Waals surface area (Å²) in [4.78, 5) is 16.2. The van der Waals surface area contributed by atoms with Crippen molar-refractivity contribution in [2.24, 2.45) is 5.92 Å². The van der Waals surface area contributed by atoms with Gasteiger partial charge in [0.1, 0.15) is 0 Å². The largest absolute Gasteiger partial charge is 0.477 e. The van der Waals surface area contributed by atoms with E-state index in [-0.39, 0.29) is 12.0 Å². The number of ether oxygens (including phenoxy) is 2. The summed E-state index contributed by atoms with van der Waals surface area (Å²) in [7, 11) is 0. The van der Waals surface area contributed by atoms with E-state index in [0.29, 0.717) is 30.5 Å². The van der Waals surface area contributed by atoms with Gasteiger partial charge in [0.05, 0.1) is 12.7 Å². The zero-order valence-electron chi connectivity index (χ0n) is 11.5. The number of hydrogen-bond acceptors (Lipinski definition) is 4. The lowest BCUT2D eigenvalue weighted by Gasteiger charge is -2.11. The van der Waals surface area contributed by atoms with Crippen molar-refractivity contribution >= 4 is 5.91 Å². The van der Waals surface area contributed by atoms with Gasteiger partial charge in [-0.2, -0.15) is 0 Å². The van der Waals surface area contributed by atoms with E-state index in [0.717, 1.165) is 19.4 Å². The van der Waals surface area contributed by atoms with E-state index in [1.165, 1.54) is 12.8 Å². The van der Waals surface area contributed by atoms with E-state index in [9.17, 15) is 4.79 Å². The smallest absolute Gasteiger partial charge is 0.251 e. The third-order valence-corrected chi connectivity index (χ3v) is 3.68. The Labute approximate surface area is 118 Å². The van der Waals surface area contributed by atoms with Crippen LogP contribution in [0.25, 0.3) is 0 Å². The van der Waals surface area contributed by atoms with Crippen LogP contribution in [-0.2, 0) is 4.74 Å². The fourth-order valence-corrected chi connectivity index (χ4v) is 2.23. The number of nitrogens with zero attached hydrogens (tertiary/aromatic N) is 1. The Morgan fingerprint density at radius 2 is 2.35 bits per heavy atom. The second-order valence-electron chi connectivity index (χ2n) is 5.48. The molecule has 2 aliphatic rings. The number of rotatable bonds is 6. The summed E-state index contributed by atoms with van der Waals surface area (Å²) in [5, 5.41) is 2.90. The Kier molecular flexibility index (Phi) is 4.16. The molecule has 0 radical (unpaired) electrons. The molecule has 2 fully saturated rings. The SMILES string of the molecule is O=C(NCC1CCCO1)c1ccnc(OCC2CC2)c1. The molecule has 1 amide bonds. The van der Waals surface area contributed by atoms with Gasteiger partial charge in [0.15, 0.2) is 0 Å². The van der Waals surface area contributed by atoms with Gasteiger partial charge in [0.25, 0.3) is 5.91 Å². The van der Waals surface area contributed by atoms with Gasteiger partial charge in [-0.1, -0.05) is 0 Å². The van der Waals surface area contributed by atoms with Crippen molar-refractivity contribution in [1.82, 2.24) is 10.3 Å². The molecule has 1 aliphatic carbocycles. The highest BCUT2D eigenvalue weighted by molar-refractivity contribution is 5.94. The highest BCUT2D eigenvalue weighted by Gasteiger charge is 2.22. The molecule has 1 aromatic rings. The van der Waals surface area contributed by atoms with Gasteiger partial charge < -0.3 is 14.8 Å². The second-order valence-corrected chi connectivity index (χ2v) is 5.48. The topological polar surface area (TPSA) is 60.5 Å². The first-order valence-corrected chi connectivity index (χ1v) is 7.30. The number of carbonyl (C=O) groups is 1. The van der Waals surface area contributed by atoms with Crippen LogP contribution < -0.4 is 10.1 Å². The minimum Gasteiger partial charge on any atom is -0.477 e. The highest BCUT2D eigenvalue weighted by atomic mass is 16.5. The van der Waals surface area contributed by atoms with Gasteiger partial charge in [-0.05, 0) is 37.7 Å². The highest BCUT2D eigenvalue weighted by Crippen LogP contribution is 2.29. The van der Waals surface area contributed by atoms with Crippen LogP contribution in [-0.4, -0.2) is 36.8 Å². The Morgan fingerprint density at radius 3 is 3.10 bits per heavy atom. The predicted octanol–water partition coefficient (Wildman–Crippen LogP) is 1.78. The van der Waals surface area contributed by atoms with Crippen molar-refractivity contribution in [1.29, 1.82) is 0 Å². The van der Waals surface area contributed by atoms with E-state index in [1.807, 2.05) is 0 Å². The third kappa shape index (κ3) is 3.70. The van der Waals surface area contributed by atoms with Gasteiger partial charge in [-0.15, -0.1) is 0 Å². The minimum absolute atomic E-state index is 0.0980. The summed E-state index contributed by atoms with van der Waals surface area (Å²) in [5.74, 6) is 1.11. The monoisotopic (exact) mass is 276 g/mol. The van der Waals surface area contributed by atoms with Crippen LogP contribution in [0, 0.1) is 5.92 Å². The van der Waals surface area contributed by atoms with Crippen molar-refractivity contribution in [2.75, 3.05) is 19.8 Å². The zero-order chi connectivity index (χ0) is 13.8. The molecule has 5 heteroatoms. The van der Waals surface area contributed by atoms with E-state index in [4.69, 9.17) is 9.47 Å². The van der Waals surface area contributed by atoms with Crippen molar-refractivity contribution in [3.63, 3.8) is 0 Å². The molecular formula is C15H20N2O3. The Balaban J connectivity index is 1.51. The average molecular weight is 276 g/mol. The molecule has 5 nitrogen and oxygen atoms in total. The lowest BCUT2D eigenvalue weighted by Crippen LogP contribution is -2.31. The van der Waals surface area contributed by atoms with Crippen LogP contribution in [0.3, 0.4) is 0 Å². The van der Waals surface area contributed by atoms with Crippen LogP contribution in [0.2, 0.25) is 0 Å². The molecule has 108 valence electrons. The van der Waals surface area contributed by atoms with Crippen LogP contribution in [0.15, 0.2) is 18.3 Å². The number of hydrogen-bond donors (Lipinski definition) is 1. The Hall–Kier alpha value is -1.62. The quantitative estimate of drug-likeness (QED) is 0.860. The molecule has 3 rings (SSSR count).